The van der Waals surface area contributed by atoms with Crippen LogP contribution in [0.25, 0.3) is 5.76 Å². The first kappa shape index (κ1) is 19.8. The Morgan fingerprint density at radius 3 is 2.21 bits per heavy atom. The first-order valence-electron chi connectivity index (χ1n) is 9.45. The quantitative estimate of drug-likeness (QED) is 0.474. The predicted molar refractivity (Wildman–Crippen MR) is 108 cm³/mol. The monoisotopic (exact) mass is 379 g/mol. The van der Waals surface area contributed by atoms with Gasteiger partial charge in [0.1, 0.15) is 5.76 Å². The second kappa shape index (κ2) is 7.98. The molecule has 2 atom stereocenters. The number of aliphatic hydroxyl groups is 2. The van der Waals surface area contributed by atoms with Gasteiger partial charge in [0.05, 0.1) is 17.7 Å². The molecule has 2 aromatic rings. The maximum Gasteiger partial charge on any atom is 0.295 e. The molecule has 0 spiro atoms. The largest absolute Gasteiger partial charge is 0.507 e. The van der Waals surface area contributed by atoms with Crippen molar-refractivity contribution < 1.29 is 19.8 Å². The number of rotatable bonds is 5. The van der Waals surface area contributed by atoms with Gasteiger partial charge in [-0.05, 0) is 31.4 Å². The van der Waals surface area contributed by atoms with Gasteiger partial charge in [-0.1, -0.05) is 61.0 Å². The van der Waals surface area contributed by atoms with Crippen molar-refractivity contribution in [2.24, 2.45) is 0 Å². The van der Waals surface area contributed by atoms with Crippen molar-refractivity contribution in [2.45, 2.75) is 39.3 Å². The molecule has 0 bridgehead atoms. The molecule has 0 aliphatic carbocycles. The molecule has 5 nitrogen and oxygen atoms in total. The number of Topliss-reactive ketones (excluding diaryl/α,β-unsaturated/α-hetero) is 1. The summed E-state index contributed by atoms with van der Waals surface area (Å²) in [5, 5.41) is 20.8. The summed E-state index contributed by atoms with van der Waals surface area (Å²) >= 11 is 0. The Kier molecular flexibility index (Phi) is 5.66. The summed E-state index contributed by atoms with van der Waals surface area (Å²) in [4.78, 5) is 26.8. The van der Waals surface area contributed by atoms with E-state index in [1.165, 1.54) is 4.90 Å². The van der Waals surface area contributed by atoms with Gasteiger partial charge in [-0.25, -0.2) is 0 Å². The third-order valence-corrected chi connectivity index (χ3v) is 5.03. The number of aryl methyl sites for hydroxylation is 2. The van der Waals surface area contributed by atoms with E-state index in [2.05, 4.69) is 0 Å². The number of aliphatic hydroxyl groups excluding tert-OH is 2. The van der Waals surface area contributed by atoms with Gasteiger partial charge in [0.2, 0.25) is 0 Å². The zero-order valence-corrected chi connectivity index (χ0v) is 16.3. The highest BCUT2D eigenvalue weighted by molar-refractivity contribution is 6.46. The Morgan fingerprint density at radius 1 is 1.07 bits per heavy atom. The molecule has 2 N–H and O–H groups in total. The highest BCUT2D eigenvalue weighted by atomic mass is 16.3. The summed E-state index contributed by atoms with van der Waals surface area (Å²) in [6.07, 6.45) is 0.0763. The molecule has 1 heterocycles. The number of ketones is 1. The standard InChI is InChI=1S/C23H25NO4/c1-4-16-7-11-17(12-8-16)20-19(21(26)18-9-5-14(2)6-10-18)22(27)23(28)24(20)13-15(3)25/h5-12,15,20,25-26H,4,13H2,1-3H3/t15-,20+/m0/s1. The number of hydrogen-bond acceptors (Lipinski definition) is 4. The van der Waals surface area contributed by atoms with Crippen LogP contribution in [0, 0.1) is 6.92 Å². The molecule has 5 heteroatoms. The van der Waals surface area contributed by atoms with E-state index in [4.69, 9.17) is 0 Å². The minimum Gasteiger partial charge on any atom is -0.507 e. The number of likely N-dealkylation sites (tertiary alicyclic amines) is 1. The lowest BCUT2D eigenvalue weighted by molar-refractivity contribution is -0.140. The van der Waals surface area contributed by atoms with Crippen molar-refractivity contribution in [3.8, 4) is 0 Å². The average Bonchev–Trinajstić information content (AvgIpc) is 2.92. The van der Waals surface area contributed by atoms with Gasteiger partial charge in [-0.15, -0.1) is 0 Å². The van der Waals surface area contributed by atoms with Gasteiger partial charge in [0.15, 0.2) is 0 Å². The highest BCUT2D eigenvalue weighted by Gasteiger charge is 2.46. The molecule has 1 aliphatic heterocycles. The summed E-state index contributed by atoms with van der Waals surface area (Å²) < 4.78 is 0. The molecule has 1 fully saturated rings. The zero-order valence-electron chi connectivity index (χ0n) is 16.3. The average molecular weight is 379 g/mol. The molecule has 0 radical (unpaired) electrons. The van der Waals surface area contributed by atoms with Gasteiger partial charge in [0.25, 0.3) is 11.7 Å². The first-order valence-corrected chi connectivity index (χ1v) is 9.45. The number of β-amino-alcohol motifs (C(OH)–C–C–N with tert-alkyl or cyclic N) is 1. The Hall–Kier alpha value is -2.92. The summed E-state index contributed by atoms with van der Waals surface area (Å²) in [5.74, 6) is -1.64. The van der Waals surface area contributed by atoms with E-state index >= 15 is 0 Å². The third kappa shape index (κ3) is 3.71. The summed E-state index contributed by atoms with van der Waals surface area (Å²) in [6, 6.07) is 14.0. The van der Waals surface area contributed by atoms with E-state index in [1.54, 1.807) is 19.1 Å². The molecular formula is C23H25NO4. The summed E-state index contributed by atoms with van der Waals surface area (Å²) in [6.45, 7) is 5.55. The molecule has 0 unspecified atom stereocenters. The Labute approximate surface area is 164 Å². The van der Waals surface area contributed by atoms with Gasteiger partial charge in [-0.2, -0.15) is 0 Å². The SMILES string of the molecule is CCc1ccc([C@@H]2C(=C(O)c3ccc(C)cc3)C(=O)C(=O)N2C[C@H](C)O)cc1. The van der Waals surface area contributed by atoms with Crippen molar-refractivity contribution in [1.82, 2.24) is 4.90 Å². The van der Waals surface area contributed by atoms with Crippen LogP contribution in [0.1, 0.15) is 42.1 Å². The van der Waals surface area contributed by atoms with Crippen LogP contribution in [0.3, 0.4) is 0 Å². The van der Waals surface area contributed by atoms with Crippen molar-refractivity contribution >= 4 is 17.4 Å². The van der Waals surface area contributed by atoms with E-state index < -0.39 is 23.8 Å². The zero-order chi connectivity index (χ0) is 20.4. The molecule has 146 valence electrons. The van der Waals surface area contributed by atoms with E-state index in [0.29, 0.717) is 5.56 Å². The fourth-order valence-electron chi connectivity index (χ4n) is 3.50. The molecular weight excluding hydrogens is 354 g/mol. The van der Waals surface area contributed by atoms with E-state index in [-0.39, 0.29) is 17.9 Å². The predicted octanol–water partition coefficient (Wildman–Crippen LogP) is 3.36. The second-order valence-electron chi connectivity index (χ2n) is 7.26. The molecule has 0 saturated carbocycles. The topological polar surface area (TPSA) is 77.8 Å². The van der Waals surface area contributed by atoms with Crippen molar-refractivity contribution in [1.29, 1.82) is 0 Å². The number of carbonyl (C=O) groups is 2. The summed E-state index contributed by atoms with van der Waals surface area (Å²) in [5.41, 5.74) is 3.42. The second-order valence-corrected chi connectivity index (χ2v) is 7.26. The fraction of sp³-hybridized carbons (Fsp3) is 0.304. The van der Waals surface area contributed by atoms with Gasteiger partial charge >= 0.3 is 0 Å². The molecule has 0 aromatic heterocycles. The van der Waals surface area contributed by atoms with Crippen LogP contribution in [0.5, 0.6) is 0 Å². The van der Waals surface area contributed by atoms with Crippen molar-refractivity contribution in [3.63, 3.8) is 0 Å². The highest BCUT2D eigenvalue weighted by Crippen LogP contribution is 2.39. The van der Waals surface area contributed by atoms with Crippen LogP contribution in [0.2, 0.25) is 0 Å². The fourth-order valence-corrected chi connectivity index (χ4v) is 3.50. The van der Waals surface area contributed by atoms with Crippen LogP contribution in [0.15, 0.2) is 54.1 Å². The van der Waals surface area contributed by atoms with Crippen LogP contribution in [-0.2, 0) is 16.0 Å². The minimum absolute atomic E-state index is 0.00937. The van der Waals surface area contributed by atoms with Gasteiger partial charge in [-0.3, -0.25) is 9.59 Å². The van der Waals surface area contributed by atoms with Gasteiger partial charge < -0.3 is 15.1 Å². The number of benzene rings is 2. The maximum atomic E-state index is 12.8. The number of nitrogens with zero attached hydrogens (tertiary/aromatic N) is 1. The molecule has 28 heavy (non-hydrogen) atoms. The third-order valence-electron chi connectivity index (χ3n) is 5.03. The lowest BCUT2D eigenvalue weighted by Crippen LogP contribution is -2.35. The minimum atomic E-state index is -0.796. The van der Waals surface area contributed by atoms with Crippen molar-refractivity contribution in [3.05, 3.63) is 76.4 Å². The van der Waals surface area contributed by atoms with Crippen molar-refractivity contribution in [2.75, 3.05) is 6.54 Å². The Bertz CT molecular complexity index is 911. The van der Waals surface area contributed by atoms with Crippen LogP contribution in [-0.4, -0.2) is 39.5 Å². The summed E-state index contributed by atoms with van der Waals surface area (Å²) in [7, 11) is 0. The van der Waals surface area contributed by atoms with E-state index in [0.717, 1.165) is 23.1 Å². The normalized spacial score (nSPS) is 19.9. The smallest absolute Gasteiger partial charge is 0.295 e. The van der Waals surface area contributed by atoms with Crippen LogP contribution < -0.4 is 0 Å². The molecule has 1 saturated heterocycles. The maximum absolute atomic E-state index is 12.8. The number of hydrogen-bond donors (Lipinski definition) is 2. The Morgan fingerprint density at radius 2 is 1.68 bits per heavy atom. The molecule has 1 amide bonds. The molecule has 1 aliphatic rings. The molecule has 3 rings (SSSR count). The Balaban J connectivity index is 2.16. The lowest BCUT2D eigenvalue weighted by Gasteiger charge is -2.26. The first-order chi connectivity index (χ1) is 13.3. The van der Waals surface area contributed by atoms with Crippen LogP contribution in [0.4, 0.5) is 0 Å². The van der Waals surface area contributed by atoms with Gasteiger partial charge in [0, 0.05) is 12.1 Å². The number of amides is 1. The lowest BCUT2D eigenvalue weighted by atomic mass is 9.94. The molecule has 2 aromatic carbocycles. The van der Waals surface area contributed by atoms with E-state index in [1.807, 2.05) is 50.2 Å². The van der Waals surface area contributed by atoms with E-state index in [9.17, 15) is 19.8 Å². The number of carbonyl (C=O) groups excluding carboxylic acids is 2. The van der Waals surface area contributed by atoms with Crippen LogP contribution >= 0.6 is 0 Å².